The second-order valence-corrected chi connectivity index (χ2v) is 9.98. The molecule has 1 aromatic heterocycles. The SMILES string of the molecule is CC(C)(C)C(=O)ON1CCC(S(=O)(=O)CCCc2ccncc2)CC1. The molecule has 140 valence electrons. The number of sulfone groups is 1. The van der Waals surface area contributed by atoms with E-state index in [2.05, 4.69) is 4.98 Å². The van der Waals surface area contributed by atoms with Crippen molar-refractivity contribution in [2.75, 3.05) is 18.8 Å². The van der Waals surface area contributed by atoms with E-state index in [-0.39, 0.29) is 17.0 Å². The van der Waals surface area contributed by atoms with Crippen LogP contribution in [-0.2, 0) is 25.9 Å². The van der Waals surface area contributed by atoms with Crippen molar-refractivity contribution in [1.29, 1.82) is 0 Å². The highest BCUT2D eigenvalue weighted by atomic mass is 32.2. The van der Waals surface area contributed by atoms with E-state index in [0.717, 1.165) is 12.0 Å². The molecule has 1 aromatic rings. The van der Waals surface area contributed by atoms with Gasteiger partial charge in [0.25, 0.3) is 0 Å². The van der Waals surface area contributed by atoms with Crippen molar-refractivity contribution in [2.24, 2.45) is 5.41 Å². The number of hydrogen-bond acceptors (Lipinski definition) is 6. The summed E-state index contributed by atoms with van der Waals surface area (Å²) < 4.78 is 25.1. The van der Waals surface area contributed by atoms with Gasteiger partial charge in [0, 0.05) is 25.5 Å². The fourth-order valence-corrected chi connectivity index (χ4v) is 4.54. The van der Waals surface area contributed by atoms with Crippen LogP contribution in [0.1, 0.15) is 45.6 Å². The molecule has 2 rings (SSSR count). The number of rotatable bonds is 6. The van der Waals surface area contributed by atoms with Gasteiger partial charge in [0.05, 0.1) is 16.4 Å². The van der Waals surface area contributed by atoms with Crippen molar-refractivity contribution >= 4 is 15.8 Å². The predicted molar refractivity (Wildman–Crippen MR) is 96.5 cm³/mol. The van der Waals surface area contributed by atoms with Gasteiger partial charge in [0.15, 0.2) is 9.84 Å². The van der Waals surface area contributed by atoms with Gasteiger partial charge in [-0.3, -0.25) is 4.98 Å². The Morgan fingerprint density at radius 1 is 1.24 bits per heavy atom. The Morgan fingerprint density at radius 3 is 2.40 bits per heavy atom. The van der Waals surface area contributed by atoms with E-state index in [9.17, 15) is 13.2 Å². The maximum atomic E-state index is 12.5. The molecule has 2 heterocycles. The van der Waals surface area contributed by atoms with Gasteiger partial charge in [-0.1, -0.05) is 0 Å². The van der Waals surface area contributed by atoms with Crippen molar-refractivity contribution in [2.45, 2.75) is 51.7 Å². The molecule has 0 bridgehead atoms. The molecule has 0 aromatic carbocycles. The van der Waals surface area contributed by atoms with Crippen molar-refractivity contribution in [1.82, 2.24) is 10.0 Å². The first-order valence-electron chi connectivity index (χ1n) is 8.76. The number of nitrogens with zero attached hydrogens (tertiary/aromatic N) is 2. The van der Waals surface area contributed by atoms with Crippen LogP contribution < -0.4 is 0 Å². The molecule has 1 aliphatic heterocycles. The molecule has 0 aliphatic carbocycles. The zero-order chi connectivity index (χ0) is 18.5. The molecule has 0 atom stereocenters. The first kappa shape index (κ1) is 19.8. The van der Waals surface area contributed by atoms with Crippen LogP contribution >= 0.6 is 0 Å². The third-order valence-corrected chi connectivity index (χ3v) is 6.72. The Bertz CT molecular complexity index is 660. The summed E-state index contributed by atoms with van der Waals surface area (Å²) in [7, 11) is -3.12. The first-order valence-corrected chi connectivity index (χ1v) is 10.5. The molecule has 0 unspecified atom stereocenters. The summed E-state index contributed by atoms with van der Waals surface area (Å²) >= 11 is 0. The number of pyridine rings is 1. The lowest BCUT2D eigenvalue weighted by molar-refractivity contribution is -0.203. The molecule has 0 spiro atoms. The minimum Gasteiger partial charge on any atom is -0.367 e. The number of piperidine rings is 1. The molecule has 0 amide bonds. The molecule has 7 heteroatoms. The third kappa shape index (κ3) is 6.08. The normalized spacial score (nSPS) is 17.4. The van der Waals surface area contributed by atoms with Crippen LogP contribution in [0.15, 0.2) is 24.5 Å². The molecular weight excluding hydrogens is 340 g/mol. The Morgan fingerprint density at radius 2 is 1.84 bits per heavy atom. The number of aromatic nitrogens is 1. The summed E-state index contributed by atoms with van der Waals surface area (Å²) in [5, 5.41) is 1.26. The molecule has 0 saturated carbocycles. The molecule has 0 radical (unpaired) electrons. The number of hydroxylamine groups is 2. The average Bonchev–Trinajstić information content (AvgIpc) is 2.55. The molecular formula is C18H28N2O4S. The first-order chi connectivity index (χ1) is 11.7. The van der Waals surface area contributed by atoms with Crippen LogP contribution in [0.2, 0.25) is 0 Å². The maximum Gasteiger partial charge on any atom is 0.330 e. The molecule has 1 fully saturated rings. The van der Waals surface area contributed by atoms with E-state index in [1.807, 2.05) is 12.1 Å². The van der Waals surface area contributed by atoms with Gasteiger partial charge in [-0.2, -0.15) is 0 Å². The van der Waals surface area contributed by atoms with E-state index in [1.165, 1.54) is 0 Å². The Labute approximate surface area is 150 Å². The summed E-state index contributed by atoms with van der Waals surface area (Å²) in [5.41, 5.74) is 0.546. The summed E-state index contributed by atoms with van der Waals surface area (Å²) in [6.45, 7) is 6.34. The van der Waals surface area contributed by atoms with E-state index < -0.39 is 15.3 Å². The Balaban J connectivity index is 1.77. The second kappa shape index (κ2) is 8.27. The predicted octanol–water partition coefficient (Wildman–Crippen LogP) is 2.40. The van der Waals surface area contributed by atoms with Crippen molar-refractivity contribution in [3.8, 4) is 0 Å². The minimum atomic E-state index is -3.12. The summed E-state index contributed by atoms with van der Waals surface area (Å²) in [6, 6.07) is 3.82. The van der Waals surface area contributed by atoms with E-state index in [4.69, 9.17) is 4.84 Å². The number of hydrogen-bond donors (Lipinski definition) is 0. The van der Waals surface area contributed by atoms with E-state index >= 15 is 0 Å². The van der Waals surface area contributed by atoms with Crippen LogP contribution in [0.4, 0.5) is 0 Å². The second-order valence-electron chi connectivity index (χ2n) is 7.58. The largest absolute Gasteiger partial charge is 0.367 e. The molecule has 6 nitrogen and oxygen atoms in total. The zero-order valence-corrected chi connectivity index (χ0v) is 16.1. The van der Waals surface area contributed by atoms with Gasteiger partial charge < -0.3 is 4.84 Å². The molecule has 25 heavy (non-hydrogen) atoms. The van der Waals surface area contributed by atoms with Crippen LogP contribution in [-0.4, -0.2) is 48.5 Å². The van der Waals surface area contributed by atoms with Gasteiger partial charge in [0.1, 0.15) is 0 Å². The van der Waals surface area contributed by atoms with Gasteiger partial charge >= 0.3 is 5.97 Å². The van der Waals surface area contributed by atoms with Gasteiger partial charge in [-0.05, 0) is 64.2 Å². The van der Waals surface area contributed by atoms with Gasteiger partial charge in [-0.15, -0.1) is 5.06 Å². The van der Waals surface area contributed by atoms with Crippen LogP contribution in [0, 0.1) is 5.41 Å². The summed E-state index contributed by atoms with van der Waals surface area (Å²) in [4.78, 5) is 21.2. The number of carbonyl (C=O) groups excluding carboxylic acids is 1. The van der Waals surface area contributed by atoms with Crippen LogP contribution in [0.3, 0.4) is 0 Å². The van der Waals surface area contributed by atoms with Crippen molar-refractivity contribution < 1.29 is 18.0 Å². The average molecular weight is 368 g/mol. The standard InChI is InChI=1S/C18H28N2O4S/c1-18(2,3)17(21)24-20-12-8-16(9-13-20)25(22,23)14-4-5-15-6-10-19-11-7-15/h6-7,10-11,16H,4-5,8-9,12-14H2,1-3H3. The smallest absolute Gasteiger partial charge is 0.330 e. The summed E-state index contributed by atoms with van der Waals surface area (Å²) in [6.07, 6.45) is 5.82. The zero-order valence-electron chi connectivity index (χ0n) is 15.3. The van der Waals surface area contributed by atoms with Gasteiger partial charge in [0.2, 0.25) is 0 Å². The molecule has 1 saturated heterocycles. The quantitative estimate of drug-likeness (QED) is 0.767. The lowest BCUT2D eigenvalue weighted by atomic mass is 9.98. The Hall–Kier alpha value is -1.47. The minimum absolute atomic E-state index is 0.196. The van der Waals surface area contributed by atoms with E-state index in [1.54, 1.807) is 38.2 Å². The van der Waals surface area contributed by atoms with Crippen molar-refractivity contribution in [3.63, 3.8) is 0 Å². The maximum absolute atomic E-state index is 12.5. The topological polar surface area (TPSA) is 76.6 Å². The molecule has 0 N–H and O–H groups in total. The third-order valence-electron chi connectivity index (χ3n) is 4.38. The van der Waals surface area contributed by atoms with Crippen LogP contribution in [0.25, 0.3) is 0 Å². The lowest BCUT2D eigenvalue weighted by Crippen LogP contribution is -2.42. The monoisotopic (exact) mass is 368 g/mol. The van der Waals surface area contributed by atoms with E-state index in [0.29, 0.717) is 32.4 Å². The fourth-order valence-electron chi connectivity index (χ4n) is 2.73. The lowest BCUT2D eigenvalue weighted by Gasteiger charge is -2.31. The number of carbonyl (C=O) groups is 1. The Kier molecular flexibility index (Phi) is 6.57. The molecule has 1 aliphatic rings. The highest BCUT2D eigenvalue weighted by molar-refractivity contribution is 7.92. The highest BCUT2D eigenvalue weighted by Crippen LogP contribution is 2.22. The number of aryl methyl sites for hydroxylation is 1. The fraction of sp³-hybridized carbons (Fsp3) is 0.667. The van der Waals surface area contributed by atoms with Crippen LogP contribution in [0.5, 0.6) is 0 Å². The van der Waals surface area contributed by atoms with Crippen molar-refractivity contribution in [3.05, 3.63) is 30.1 Å². The highest BCUT2D eigenvalue weighted by Gasteiger charge is 2.32. The summed E-state index contributed by atoms with van der Waals surface area (Å²) in [5.74, 6) is -0.0898. The van der Waals surface area contributed by atoms with Gasteiger partial charge in [-0.25, -0.2) is 13.2 Å².